The minimum absolute atomic E-state index is 0.124. The molecule has 1 saturated heterocycles. The van der Waals surface area contributed by atoms with Gasteiger partial charge in [-0.25, -0.2) is 0 Å². The summed E-state index contributed by atoms with van der Waals surface area (Å²) in [7, 11) is 0. The normalized spacial score (nSPS) is 40.3. The number of hydrogen-bond acceptors (Lipinski definition) is 7. The molecule has 0 spiro atoms. The second-order valence-electron chi connectivity index (χ2n) is 10.0. The number of allylic oxidation sites excluding steroid dienone is 2. The van der Waals surface area contributed by atoms with E-state index in [0.29, 0.717) is 12.8 Å². The molecule has 0 radical (unpaired) electrons. The number of alkyl halides is 9. The van der Waals surface area contributed by atoms with Crippen LogP contribution in [0, 0.1) is 35.0 Å². The molecule has 206 valence electrons. The van der Waals surface area contributed by atoms with E-state index in [1.807, 2.05) is 12.2 Å². The van der Waals surface area contributed by atoms with Crippen molar-refractivity contribution < 1.29 is 73.2 Å². The molecule has 9 unspecified atom stereocenters. The third-order valence-electron chi connectivity index (χ3n) is 8.32. The van der Waals surface area contributed by atoms with E-state index in [1.165, 1.54) is 0 Å². The number of rotatable bonds is 4. The van der Waals surface area contributed by atoms with Crippen LogP contribution in [0.25, 0.3) is 0 Å². The van der Waals surface area contributed by atoms with Crippen molar-refractivity contribution in [2.45, 2.75) is 61.7 Å². The number of fused-ring (bicyclic) bond motifs is 3. The molecule has 4 bridgehead atoms. The summed E-state index contributed by atoms with van der Waals surface area (Å²) in [4.78, 5) is 38.1. The van der Waals surface area contributed by atoms with Gasteiger partial charge < -0.3 is 19.3 Å². The molecule has 9 atom stereocenters. The molecule has 16 heteroatoms. The van der Waals surface area contributed by atoms with Crippen LogP contribution in [0.2, 0.25) is 0 Å². The van der Waals surface area contributed by atoms with E-state index in [2.05, 4.69) is 4.74 Å². The Morgan fingerprint density at radius 3 is 2.03 bits per heavy atom. The van der Waals surface area contributed by atoms with E-state index in [-0.39, 0.29) is 11.8 Å². The van der Waals surface area contributed by atoms with Crippen LogP contribution in [0.4, 0.5) is 39.5 Å². The van der Waals surface area contributed by atoms with Crippen molar-refractivity contribution in [3.05, 3.63) is 12.2 Å². The van der Waals surface area contributed by atoms with Crippen molar-refractivity contribution in [2.24, 2.45) is 35.0 Å². The molecule has 4 aliphatic carbocycles. The number of esters is 3. The highest BCUT2D eigenvalue weighted by Crippen LogP contribution is 2.65. The number of aliphatic hydroxyl groups is 1. The lowest BCUT2D eigenvalue weighted by Crippen LogP contribution is -2.70. The fourth-order valence-corrected chi connectivity index (χ4v) is 6.65. The molecule has 5 aliphatic rings. The second kappa shape index (κ2) is 7.53. The Bertz CT molecular complexity index is 1030. The van der Waals surface area contributed by atoms with E-state index < -0.39 is 89.9 Å². The zero-order valence-corrected chi connectivity index (χ0v) is 18.2. The van der Waals surface area contributed by atoms with Crippen molar-refractivity contribution in [1.82, 2.24) is 0 Å². The van der Waals surface area contributed by atoms with E-state index in [9.17, 15) is 59.0 Å². The molecule has 1 N–H and O–H groups in total. The molecule has 37 heavy (non-hydrogen) atoms. The highest BCUT2D eigenvalue weighted by atomic mass is 19.4. The first-order chi connectivity index (χ1) is 16.9. The van der Waals surface area contributed by atoms with Crippen molar-refractivity contribution in [3.8, 4) is 0 Å². The van der Waals surface area contributed by atoms with Gasteiger partial charge in [0.1, 0.15) is 12.2 Å². The number of hydrogen-bond donors (Lipinski definition) is 1. The van der Waals surface area contributed by atoms with Crippen LogP contribution in [0.3, 0.4) is 0 Å². The van der Waals surface area contributed by atoms with Gasteiger partial charge >= 0.3 is 42.0 Å². The van der Waals surface area contributed by atoms with Gasteiger partial charge in [0, 0.05) is 11.8 Å². The fraction of sp³-hybridized carbons (Fsp3) is 0.762. The Kier molecular flexibility index (Phi) is 5.31. The highest BCUT2D eigenvalue weighted by molar-refractivity contribution is 6.04. The summed E-state index contributed by atoms with van der Waals surface area (Å²) in [5.74, 6) is -9.08. The molecule has 0 aromatic rings. The Labute approximate surface area is 200 Å². The first kappa shape index (κ1) is 26.1. The maximum absolute atomic E-state index is 13.3. The summed E-state index contributed by atoms with van der Waals surface area (Å²) in [5.41, 5.74) is -10.3. The Morgan fingerprint density at radius 1 is 0.946 bits per heavy atom. The topological polar surface area (TPSA) is 99.1 Å². The van der Waals surface area contributed by atoms with Crippen LogP contribution in [0.5, 0.6) is 0 Å². The first-order valence-electron chi connectivity index (χ1n) is 11.1. The minimum Gasteiger partial charge on any atom is -0.458 e. The molecule has 1 heterocycles. The minimum atomic E-state index is -7.23. The summed E-state index contributed by atoms with van der Waals surface area (Å²) in [6.45, 7) is 0. The van der Waals surface area contributed by atoms with Crippen molar-refractivity contribution in [3.63, 3.8) is 0 Å². The molecule has 4 fully saturated rings. The SMILES string of the molecule is O=C(OC1C2CC3C1OC(=O)C3(C(=O)OC(C(F)(F)F)(C(F)(F)F)C(F)(F)F)C2O)C1CC2C=CC1C2. The Hall–Kier alpha value is -2.52. The molecule has 5 rings (SSSR count). The van der Waals surface area contributed by atoms with Gasteiger partial charge in [-0.15, -0.1) is 0 Å². The molecular weight excluding hydrogens is 535 g/mol. The lowest BCUT2D eigenvalue weighted by atomic mass is 9.71. The van der Waals surface area contributed by atoms with Crippen LogP contribution >= 0.6 is 0 Å². The van der Waals surface area contributed by atoms with E-state index in [4.69, 9.17) is 9.47 Å². The van der Waals surface area contributed by atoms with Gasteiger partial charge in [-0.3, -0.25) is 14.4 Å². The summed E-state index contributed by atoms with van der Waals surface area (Å²) >= 11 is 0. The van der Waals surface area contributed by atoms with E-state index in [0.717, 1.165) is 0 Å². The predicted octanol–water partition coefficient (Wildman–Crippen LogP) is 3.00. The van der Waals surface area contributed by atoms with Gasteiger partial charge in [-0.2, -0.15) is 39.5 Å². The fourth-order valence-electron chi connectivity index (χ4n) is 6.65. The second-order valence-corrected chi connectivity index (χ2v) is 10.0. The number of aliphatic hydroxyl groups excluding tert-OH is 1. The number of carbonyl (C=O) groups excluding carboxylic acids is 3. The van der Waals surface area contributed by atoms with Crippen molar-refractivity contribution in [1.29, 1.82) is 0 Å². The van der Waals surface area contributed by atoms with Crippen LogP contribution in [0.1, 0.15) is 19.3 Å². The summed E-state index contributed by atoms with van der Waals surface area (Å²) in [6, 6.07) is 0. The largest absolute Gasteiger partial charge is 0.458 e. The monoisotopic (exact) mass is 552 g/mol. The third-order valence-corrected chi connectivity index (χ3v) is 8.32. The molecule has 0 aromatic heterocycles. The van der Waals surface area contributed by atoms with Gasteiger partial charge in [0.05, 0.1) is 12.0 Å². The lowest BCUT2D eigenvalue weighted by Gasteiger charge is -2.41. The molecular formula is C21H17F9O7. The molecule has 0 aromatic carbocycles. The molecule has 3 saturated carbocycles. The van der Waals surface area contributed by atoms with Gasteiger partial charge in [0.2, 0.25) is 0 Å². The van der Waals surface area contributed by atoms with Crippen LogP contribution < -0.4 is 0 Å². The first-order valence-corrected chi connectivity index (χ1v) is 11.1. The Balaban J connectivity index is 1.43. The molecule has 7 nitrogen and oxygen atoms in total. The number of halogens is 9. The maximum Gasteiger partial charge on any atom is 0.447 e. The van der Waals surface area contributed by atoms with Gasteiger partial charge in [0.15, 0.2) is 5.41 Å². The predicted molar refractivity (Wildman–Crippen MR) is 95.6 cm³/mol. The Morgan fingerprint density at radius 2 is 1.54 bits per heavy atom. The van der Waals surface area contributed by atoms with Gasteiger partial charge in [0.25, 0.3) is 0 Å². The maximum atomic E-state index is 13.3. The van der Waals surface area contributed by atoms with Crippen LogP contribution in [0.15, 0.2) is 12.2 Å². The number of carbonyl (C=O) groups is 3. The van der Waals surface area contributed by atoms with Crippen LogP contribution in [-0.2, 0) is 28.6 Å². The standard InChI is InChI=1S/C21H17F9O7/c22-19(23,24)18(20(25,26)27,21(28,29)30)37-16(34)17-10-5-9(13(17)31)11(12(10)36-15(17)33)35-14(32)8-4-6-1-2-7(8)3-6/h1-2,6-13,31H,3-5H2. The van der Waals surface area contributed by atoms with Crippen molar-refractivity contribution >= 4 is 17.9 Å². The lowest BCUT2D eigenvalue weighted by molar-refractivity contribution is -0.447. The van der Waals surface area contributed by atoms with Crippen LogP contribution in [-0.4, -0.2) is 65.5 Å². The smallest absolute Gasteiger partial charge is 0.447 e. The molecule has 0 amide bonds. The summed E-state index contributed by atoms with van der Waals surface area (Å²) in [5, 5.41) is 10.7. The average Bonchev–Trinajstić information content (AvgIpc) is 3.52. The average molecular weight is 552 g/mol. The zero-order chi connectivity index (χ0) is 27.5. The summed E-state index contributed by atoms with van der Waals surface area (Å²) in [6.07, 6.45) is -22.7. The van der Waals surface area contributed by atoms with Crippen molar-refractivity contribution in [2.75, 3.05) is 0 Å². The summed E-state index contributed by atoms with van der Waals surface area (Å²) < 4.78 is 133. The van der Waals surface area contributed by atoms with E-state index in [1.54, 1.807) is 0 Å². The zero-order valence-electron chi connectivity index (χ0n) is 18.2. The highest BCUT2D eigenvalue weighted by Gasteiger charge is 2.89. The quantitative estimate of drug-likeness (QED) is 0.188. The van der Waals surface area contributed by atoms with Gasteiger partial charge in [-0.1, -0.05) is 12.2 Å². The van der Waals surface area contributed by atoms with E-state index >= 15 is 0 Å². The third kappa shape index (κ3) is 3.16. The van der Waals surface area contributed by atoms with Gasteiger partial charge in [-0.05, 0) is 31.1 Å². The number of ether oxygens (including phenoxy) is 3. The molecule has 1 aliphatic heterocycles.